The first kappa shape index (κ1) is 13.2. The first-order valence-corrected chi connectivity index (χ1v) is 5.65. The van der Waals surface area contributed by atoms with E-state index in [1.54, 1.807) is 0 Å². The topological polar surface area (TPSA) is 119 Å². The van der Waals surface area contributed by atoms with Crippen LogP contribution in [0.5, 0.6) is 0 Å². The van der Waals surface area contributed by atoms with Crippen LogP contribution in [0.15, 0.2) is 0 Å². The van der Waals surface area contributed by atoms with Crippen LogP contribution in [0.3, 0.4) is 0 Å². The summed E-state index contributed by atoms with van der Waals surface area (Å²) < 4.78 is 5.29. The number of amides is 3. The Labute approximate surface area is 103 Å². The molecule has 18 heavy (non-hydrogen) atoms. The van der Waals surface area contributed by atoms with Gasteiger partial charge < -0.3 is 20.1 Å². The molecule has 2 aliphatic rings. The Morgan fingerprint density at radius 2 is 2.22 bits per heavy atom. The first-order chi connectivity index (χ1) is 8.37. The van der Waals surface area contributed by atoms with Crippen LogP contribution in [0.1, 0.15) is 13.3 Å². The zero-order valence-electron chi connectivity index (χ0n) is 9.87. The van der Waals surface area contributed by atoms with Crippen molar-refractivity contribution in [3.05, 3.63) is 0 Å². The van der Waals surface area contributed by atoms with Crippen molar-refractivity contribution in [2.45, 2.75) is 37.4 Å². The molecule has 0 aromatic rings. The highest BCUT2D eigenvalue weighted by Crippen LogP contribution is 2.33. The number of nitrogens with one attached hydrogen (secondary N) is 1. The highest BCUT2D eigenvalue weighted by atomic mass is 16.6. The molecule has 4 N–H and O–H groups in total. The van der Waals surface area contributed by atoms with Gasteiger partial charge in [-0.2, -0.15) is 0 Å². The fraction of sp³-hybridized carbons (Fsp3) is 0.800. The average molecular weight is 260 g/mol. The van der Waals surface area contributed by atoms with Crippen LogP contribution in [-0.2, 0) is 9.53 Å². The maximum Gasteiger partial charge on any atom is 0.326 e. The van der Waals surface area contributed by atoms with Gasteiger partial charge >= 0.3 is 6.03 Å². The van der Waals surface area contributed by atoms with Crippen LogP contribution in [0, 0.1) is 0 Å². The van der Waals surface area contributed by atoms with E-state index < -0.39 is 42.6 Å². The molecule has 2 aliphatic heterocycles. The quantitative estimate of drug-likeness (QED) is 0.445. The molecule has 0 unspecified atom stereocenters. The Balaban J connectivity index is 2.18. The number of nitrogens with zero attached hydrogens (tertiary/aromatic N) is 1. The molecule has 0 spiro atoms. The Morgan fingerprint density at radius 3 is 2.72 bits per heavy atom. The van der Waals surface area contributed by atoms with Crippen LogP contribution in [0.25, 0.3) is 0 Å². The standard InChI is InChI=1S/C10H16N2O6/c1-10(17)7(15)5(4-13)18-8(10)12-3-2-6(14)11-9(12)16/h5,7-8,13,15,17H,2-4H2,1H3,(H,11,14,16)/t5-,7-,8-,10+/m1/s1. The third-order valence-corrected chi connectivity index (χ3v) is 3.30. The maximum absolute atomic E-state index is 11.6. The summed E-state index contributed by atoms with van der Waals surface area (Å²) in [5, 5.41) is 31.1. The highest BCUT2D eigenvalue weighted by molar-refractivity contribution is 5.96. The van der Waals surface area contributed by atoms with Gasteiger partial charge in [0.25, 0.3) is 0 Å². The van der Waals surface area contributed by atoms with Gasteiger partial charge in [0, 0.05) is 13.0 Å². The van der Waals surface area contributed by atoms with Crippen molar-refractivity contribution in [3.63, 3.8) is 0 Å². The van der Waals surface area contributed by atoms with Gasteiger partial charge in [-0.15, -0.1) is 0 Å². The summed E-state index contributed by atoms with van der Waals surface area (Å²) in [6.45, 7) is 0.945. The minimum atomic E-state index is -1.70. The molecule has 0 radical (unpaired) electrons. The molecule has 0 saturated carbocycles. The van der Waals surface area contributed by atoms with Gasteiger partial charge in [0.05, 0.1) is 6.61 Å². The normalized spacial score (nSPS) is 41.1. The van der Waals surface area contributed by atoms with E-state index in [9.17, 15) is 19.8 Å². The van der Waals surface area contributed by atoms with E-state index in [0.29, 0.717) is 0 Å². The number of urea groups is 1. The zero-order chi connectivity index (χ0) is 13.5. The summed E-state index contributed by atoms with van der Waals surface area (Å²) in [5.41, 5.74) is -1.70. The summed E-state index contributed by atoms with van der Waals surface area (Å²) in [5.74, 6) is -0.395. The summed E-state index contributed by atoms with van der Waals surface area (Å²) in [6.07, 6.45) is -3.27. The largest absolute Gasteiger partial charge is 0.394 e. The van der Waals surface area contributed by atoms with Crippen LogP contribution >= 0.6 is 0 Å². The molecule has 0 aliphatic carbocycles. The van der Waals surface area contributed by atoms with Crippen molar-refractivity contribution in [2.75, 3.05) is 13.2 Å². The van der Waals surface area contributed by atoms with Gasteiger partial charge in [0.15, 0.2) is 6.23 Å². The fourth-order valence-electron chi connectivity index (χ4n) is 2.23. The van der Waals surface area contributed by atoms with E-state index in [0.717, 1.165) is 4.90 Å². The van der Waals surface area contributed by atoms with Crippen LogP contribution < -0.4 is 5.32 Å². The second-order valence-corrected chi connectivity index (χ2v) is 4.68. The average Bonchev–Trinajstić information content (AvgIpc) is 2.52. The minimum absolute atomic E-state index is 0.0936. The lowest BCUT2D eigenvalue weighted by molar-refractivity contribution is -0.134. The van der Waals surface area contributed by atoms with E-state index in [1.165, 1.54) is 6.92 Å². The molecular weight excluding hydrogens is 244 g/mol. The summed E-state index contributed by atoms with van der Waals surface area (Å²) in [6, 6.07) is -0.678. The van der Waals surface area contributed by atoms with Crippen molar-refractivity contribution in [2.24, 2.45) is 0 Å². The number of carbonyl (C=O) groups is 2. The number of hydrogen-bond donors (Lipinski definition) is 4. The van der Waals surface area contributed by atoms with Gasteiger partial charge in [-0.25, -0.2) is 4.79 Å². The first-order valence-electron chi connectivity index (χ1n) is 5.65. The summed E-state index contributed by atoms with van der Waals surface area (Å²) in [4.78, 5) is 23.8. The smallest absolute Gasteiger partial charge is 0.326 e. The molecule has 2 rings (SSSR count). The van der Waals surface area contributed by atoms with Gasteiger partial charge in [-0.05, 0) is 6.92 Å². The second kappa shape index (κ2) is 4.47. The van der Waals surface area contributed by atoms with E-state index in [4.69, 9.17) is 9.84 Å². The van der Waals surface area contributed by atoms with Crippen molar-refractivity contribution in [1.82, 2.24) is 10.2 Å². The van der Waals surface area contributed by atoms with E-state index in [2.05, 4.69) is 5.32 Å². The van der Waals surface area contributed by atoms with Crippen molar-refractivity contribution >= 4 is 11.9 Å². The van der Waals surface area contributed by atoms with Crippen molar-refractivity contribution in [3.8, 4) is 0 Å². The molecule has 2 fully saturated rings. The lowest BCUT2D eigenvalue weighted by Crippen LogP contribution is -2.60. The predicted molar refractivity (Wildman–Crippen MR) is 57.2 cm³/mol. The molecule has 8 heteroatoms. The maximum atomic E-state index is 11.6. The van der Waals surface area contributed by atoms with E-state index in [1.807, 2.05) is 0 Å². The van der Waals surface area contributed by atoms with Crippen molar-refractivity contribution < 1.29 is 29.6 Å². The summed E-state index contributed by atoms with van der Waals surface area (Å²) in [7, 11) is 0. The van der Waals surface area contributed by atoms with Gasteiger partial charge in [-0.1, -0.05) is 0 Å². The molecule has 8 nitrogen and oxygen atoms in total. The molecule has 0 aromatic heterocycles. The second-order valence-electron chi connectivity index (χ2n) is 4.68. The van der Waals surface area contributed by atoms with E-state index in [-0.39, 0.29) is 13.0 Å². The third-order valence-electron chi connectivity index (χ3n) is 3.30. The molecule has 0 bridgehead atoms. The number of carbonyl (C=O) groups excluding carboxylic acids is 2. The molecule has 2 saturated heterocycles. The zero-order valence-corrected chi connectivity index (χ0v) is 9.87. The molecule has 3 amide bonds. The molecular formula is C10H16N2O6. The number of aliphatic hydroxyl groups excluding tert-OH is 2. The Hall–Kier alpha value is -1.22. The minimum Gasteiger partial charge on any atom is -0.394 e. The number of aliphatic hydroxyl groups is 3. The number of rotatable bonds is 2. The highest BCUT2D eigenvalue weighted by Gasteiger charge is 2.55. The molecule has 102 valence electrons. The van der Waals surface area contributed by atoms with E-state index >= 15 is 0 Å². The third kappa shape index (κ3) is 1.97. The Kier molecular flexibility index (Phi) is 3.28. The summed E-state index contributed by atoms with van der Waals surface area (Å²) >= 11 is 0. The predicted octanol–water partition coefficient (Wildman–Crippen LogP) is -2.24. The monoisotopic (exact) mass is 260 g/mol. The SMILES string of the molecule is C[C@]1(O)[C@H](O)[C@@H](CO)O[C@H]1N1CCC(=O)NC1=O. The molecule has 4 atom stereocenters. The number of hydrogen-bond acceptors (Lipinski definition) is 6. The van der Waals surface area contributed by atoms with Crippen molar-refractivity contribution in [1.29, 1.82) is 0 Å². The van der Waals surface area contributed by atoms with Gasteiger partial charge in [-0.3, -0.25) is 15.0 Å². The van der Waals surface area contributed by atoms with Crippen LogP contribution in [-0.4, -0.2) is 69.3 Å². The lowest BCUT2D eigenvalue weighted by Gasteiger charge is -2.37. The van der Waals surface area contributed by atoms with Crippen LogP contribution in [0.2, 0.25) is 0 Å². The van der Waals surface area contributed by atoms with Crippen LogP contribution in [0.4, 0.5) is 4.79 Å². The fourth-order valence-corrected chi connectivity index (χ4v) is 2.23. The number of imide groups is 1. The van der Waals surface area contributed by atoms with Gasteiger partial charge in [0.2, 0.25) is 5.91 Å². The molecule has 2 heterocycles. The number of ether oxygens (including phenoxy) is 1. The molecule has 0 aromatic carbocycles. The Morgan fingerprint density at radius 1 is 1.56 bits per heavy atom. The lowest BCUT2D eigenvalue weighted by atomic mass is 9.96. The van der Waals surface area contributed by atoms with Gasteiger partial charge in [0.1, 0.15) is 17.8 Å². The Bertz CT molecular complexity index is 371.